The van der Waals surface area contributed by atoms with Crippen molar-refractivity contribution in [1.82, 2.24) is 4.57 Å². The molecule has 16 heavy (non-hydrogen) atoms. The molecule has 1 atom stereocenters. The van der Waals surface area contributed by atoms with Crippen molar-refractivity contribution in [2.45, 2.75) is 33.0 Å². The summed E-state index contributed by atoms with van der Waals surface area (Å²) in [7, 11) is 0. The Morgan fingerprint density at radius 1 is 1.31 bits per heavy atom. The lowest BCUT2D eigenvalue weighted by Gasteiger charge is -2.02. The Hall–Kier alpha value is -0.620. The zero-order valence-corrected chi connectivity index (χ0v) is 11.8. The van der Waals surface area contributed by atoms with Crippen LogP contribution in [0.2, 0.25) is 0 Å². The number of fused-ring (bicyclic) bond motifs is 1. The smallest absolute Gasteiger partial charge is 0.246 e. The molecule has 0 amide bonds. The summed E-state index contributed by atoms with van der Waals surface area (Å²) in [5, 5.41) is 9.89. The van der Waals surface area contributed by atoms with E-state index in [1.807, 2.05) is 36.0 Å². The van der Waals surface area contributed by atoms with Crippen LogP contribution in [0.5, 0.6) is 0 Å². The Bertz CT molecular complexity index is 467. The van der Waals surface area contributed by atoms with Gasteiger partial charge in [-0.05, 0) is 19.1 Å². The van der Waals surface area contributed by atoms with Gasteiger partial charge in [-0.1, -0.05) is 19.1 Å². The second-order valence-electron chi connectivity index (χ2n) is 3.69. The first-order valence-corrected chi connectivity index (χ1v) is 5.45. The summed E-state index contributed by atoms with van der Waals surface area (Å²) in [6.45, 7) is 5.01. The molecule has 88 valence electrons. The maximum absolute atomic E-state index is 9.89. The molecule has 1 unspecified atom stereocenters. The molecule has 0 radical (unpaired) electrons. The maximum atomic E-state index is 9.89. The predicted molar refractivity (Wildman–Crippen MR) is 59.4 cm³/mol. The monoisotopic (exact) mass is 332 g/mol. The van der Waals surface area contributed by atoms with Crippen LogP contribution in [0.15, 0.2) is 30.6 Å². The third-order valence-electron chi connectivity index (χ3n) is 2.76. The summed E-state index contributed by atoms with van der Waals surface area (Å²) in [6.07, 6.45) is 2.28. The molecule has 0 saturated carbocycles. The molecule has 1 aromatic carbocycles. The Morgan fingerprint density at radius 2 is 2.00 bits per heavy atom. The molecule has 2 aromatic rings. The van der Waals surface area contributed by atoms with Crippen LogP contribution in [0.1, 0.15) is 26.5 Å². The van der Waals surface area contributed by atoms with Gasteiger partial charge < -0.3 is 29.1 Å². The van der Waals surface area contributed by atoms with Crippen molar-refractivity contribution in [3.05, 3.63) is 30.6 Å². The van der Waals surface area contributed by atoms with Gasteiger partial charge in [0.25, 0.3) is 0 Å². The second kappa shape index (κ2) is 5.63. The summed E-state index contributed by atoms with van der Waals surface area (Å²) >= 11 is 0. The van der Waals surface area contributed by atoms with Crippen LogP contribution < -0.4 is 28.5 Å². The largest absolute Gasteiger partial charge is 1.00 e. The average molecular weight is 332 g/mol. The third-order valence-corrected chi connectivity index (χ3v) is 2.76. The van der Waals surface area contributed by atoms with Gasteiger partial charge in [0.15, 0.2) is 17.3 Å². The number of halogens is 1. The van der Waals surface area contributed by atoms with Crippen molar-refractivity contribution < 1.29 is 33.7 Å². The Morgan fingerprint density at radius 3 is 2.62 bits per heavy atom. The van der Waals surface area contributed by atoms with Gasteiger partial charge in [0.05, 0.1) is 6.54 Å². The number of aryl methyl sites for hydroxylation is 1. The molecular formula is C12H17IN2O. The van der Waals surface area contributed by atoms with Gasteiger partial charge in [0.1, 0.15) is 0 Å². The number of hydrogen-bond donors (Lipinski definition) is 1. The summed E-state index contributed by atoms with van der Waals surface area (Å²) in [5.41, 5.74) is 2.27. The number of benzene rings is 1. The van der Waals surface area contributed by atoms with E-state index >= 15 is 0 Å². The number of aliphatic hydroxyl groups is 1. The molecule has 4 heteroatoms. The summed E-state index contributed by atoms with van der Waals surface area (Å²) in [5.74, 6) is 0. The minimum atomic E-state index is -0.428. The molecule has 0 aliphatic heterocycles. The first-order valence-electron chi connectivity index (χ1n) is 5.45. The van der Waals surface area contributed by atoms with Gasteiger partial charge in [-0.2, -0.15) is 0 Å². The van der Waals surface area contributed by atoms with E-state index < -0.39 is 6.23 Å². The fraction of sp³-hybridized carbons (Fsp3) is 0.417. The van der Waals surface area contributed by atoms with E-state index in [9.17, 15) is 5.11 Å². The molecule has 1 heterocycles. The molecule has 0 aliphatic carbocycles. The highest BCUT2D eigenvalue weighted by Gasteiger charge is 2.18. The first kappa shape index (κ1) is 13.4. The van der Waals surface area contributed by atoms with E-state index in [2.05, 4.69) is 17.6 Å². The zero-order valence-electron chi connectivity index (χ0n) is 9.60. The van der Waals surface area contributed by atoms with E-state index in [-0.39, 0.29) is 24.0 Å². The van der Waals surface area contributed by atoms with Crippen molar-refractivity contribution >= 4 is 11.0 Å². The Labute approximate surface area is 113 Å². The number of nitrogens with zero attached hydrogens (tertiary/aromatic N) is 2. The number of hydrogen-bond acceptors (Lipinski definition) is 1. The van der Waals surface area contributed by atoms with E-state index in [0.29, 0.717) is 0 Å². The predicted octanol–water partition coefficient (Wildman–Crippen LogP) is -1.15. The number of aromatic nitrogens is 2. The van der Waals surface area contributed by atoms with E-state index in [1.165, 1.54) is 5.52 Å². The topological polar surface area (TPSA) is 29.0 Å². The van der Waals surface area contributed by atoms with Crippen molar-refractivity contribution in [2.75, 3.05) is 0 Å². The number of rotatable bonds is 3. The third kappa shape index (κ3) is 2.22. The molecule has 0 saturated heterocycles. The van der Waals surface area contributed by atoms with Gasteiger partial charge >= 0.3 is 0 Å². The molecular weight excluding hydrogens is 315 g/mol. The van der Waals surface area contributed by atoms with Crippen LogP contribution in [0.25, 0.3) is 11.0 Å². The molecule has 3 nitrogen and oxygen atoms in total. The zero-order chi connectivity index (χ0) is 10.8. The number of imidazole rings is 1. The Kier molecular flexibility index (Phi) is 4.73. The number of aliphatic hydroxyl groups excluding tert-OH is 1. The number of para-hydroxylation sites is 2. The standard InChI is InChI=1S/C12H17N2O.HI/c1-3-12(15)14-9-13(4-2)10-7-5-6-8-11(10)14;/h5-9,12,15H,3-4H2,1-2H3;1H/q+1;/p-1. The highest BCUT2D eigenvalue weighted by molar-refractivity contribution is 5.71. The highest BCUT2D eigenvalue weighted by Crippen LogP contribution is 2.16. The van der Waals surface area contributed by atoms with Crippen LogP contribution in [0, 0.1) is 0 Å². The molecule has 0 aliphatic rings. The van der Waals surface area contributed by atoms with Crippen molar-refractivity contribution in [2.24, 2.45) is 0 Å². The molecule has 0 fully saturated rings. The average Bonchev–Trinajstić information content (AvgIpc) is 2.67. The first-order chi connectivity index (χ1) is 7.27. The minimum Gasteiger partial charge on any atom is -1.00 e. The van der Waals surface area contributed by atoms with Crippen molar-refractivity contribution in [1.29, 1.82) is 0 Å². The van der Waals surface area contributed by atoms with Crippen LogP contribution in [-0.4, -0.2) is 9.67 Å². The van der Waals surface area contributed by atoms with Gasteiger partial charge in [0, 0.05) is 6.42 Å². The van der Waals surface area contributed by atoms with Crippen LogP contribution in [0.4, 0.5) is 0 Å². The van der Waals surface area contributed by atoms with Gasteiger partial charge in [-0.25, -0.2) is 9.13 Å². The Balaban J connectivity index is 0.00000128. The SMILES string of the molecule is CCC(O)n1c[n+](CC)c2ccccc21.[I-]. The highest BCUT2D eigenvalue weighted by atomic mass is 127. The van der Waals surface area contributed by atoms with Crippen LogP contribution in [-0.2, 0) is 6.54 Å². The van der Waals surface area contributed by atoms with Gasteiger partial charge in [0.2, 0.25) is 6.33 Å². The normalized spacial score (nSPS) is 12.4. The van der Waals surface area contributed by atoms with Gasteiger partial charge in [-0.15, -0.1) is 0 Å². The summed E-state index contributed by atoms with van der Waals surface area (Å²) < 4.78 is 4.08. The lowest BCUT2D eigenvalue weighted by Crippen LogP contribution is -3.00. The molecule has 2 rings (SSSR count). The van der Waals surface area contributed by atoms with E-state index in [1.54, 1.807) is 0 Å². The lowest BCUT2D eigenvalue weighted by atomic mass is 10.3. The van der Waals surface area contributed by atoms with E-state index in [4.69, 9.17) is 0 Å². The quantitative estimate of drug-likeness (QED) is 0.559. The van der Waals surface area contributed by atoms with Gasteiger partial charge in [-0.3, -0.25) is 0 Å². The summed E-state index contributed by atoms with van der Waals surface area (Å²) in [4.78, 5) is 0. The minimum absolute atomic E-state index is 0. The van der Waals surface area contributed by atoms with Crippen LogP contribution >= 0.6 is 0 Å². The fourth-order valence-corrected chi connectivity index (χ4v) is 1.89. The lowest BCUT2D eigenvalue weighted by molar-refractivity contribution is -0.669. The molecule has 0 spiro atoms. The maximum Gasteiger partial charge on any atom is 0.246 e. The van der Waals surface area contributed by atoms with Crippen molar-refractivity contribution in [3.63, 3.8) is 0 Å². The fourth-order valence-electron chi connectivity index (χ4n) is 1.89. The van der Waals surface area contributed by atoms with Crippen LogP contribution in [0.3, 0.4) is 0 Å². The molecule has 0 bridgehead atoms. The summed E-state index contributed by atoms with van der Waals surface area (Å²) in [6, 6.07) is 8.15. The molecule has 1 N–H and O–H groups in total. The van der Waals surface area contributed by atoms with E-state index in [0.717, 1.165) is 18.5 Å². The molecule has 1 aromatic heterocycles. The van der Waals surface area contributed by atoms with Crippen molar-refractivity contribution in [3.8, 4) is 0 Å². The second-order valence-corrected chi connectivity index (χ2v) is 3.69.